The highest BCUT2D eigenvalue weighted by molar-refractivity contribution is 5.94. The molecule has 0 bridgehead atoms. The smallest absolute Gasteiger partial charge is 0.262 e. The molecule has 2 heterocycles. The molecule has 9 heteroatoms. The number of carbonyl (C=O) groups excluding carboxylic acids is 1. The van der Waals surface area contributed by atoms with Gasteiger partial charge < -0.3 is 19.8 Å². The average molecular weight is 405 g/mol. The molecule has 1 amide bonds. The van der Waals surface area contributed by atoms with Crippen molar-refractivity contribution in [1.82, 2.24) is 19.7 Å². The van der Waals surface area contributed by atoms with Gasteiger partial charge in [-0.05, 0) is 31.2 Å². The highest BCUT2D eigenvalue weighted by Crippen LogP contribution is 2.26. The molecule has 152 valence electrons. The van der Waals surface area contributed by atoms with Crippen molar-refractivity contribution in [2.75, 3.05) is 18.5 Å². The van der Waals surface area contributed by atoms with Gasteiger partial charge in [0, 0.05) is 0 Å². The van der Waals surface area contributed by atoms with E-state index in [0.717, 1.165) is 0 Å². The fourth-order valence-electron chi connectivity index (χ4n) is 2.97. The van der Waals surface area contributed by atoms with Crippen molar-refractivity contribution >= 4 is 22.6 Å². The first-order chi connectivity index (χ1) is 14.7. The lowest BCUT2D eigenvalue weighted by molar-refractivity contribution is -0.118. The molecule has 4 rings (SSSR count). The number of fused-ring (bicyclic) bond motifs is 1. The van der Waals surface area contributed by atoms with Crippen molar-refractivity contribution in [1.29, 1.82) is 0 Å². The fourth-order valence-corrected chi connectivity index (χ4v) is 2.97. The zero-order valence-electron chi connectivity index (χ0n) is 16.2. The van der Waals surface area contributed by atoms with Crippen molar-refractivity contribution in [2.24, 2.45) is 0 Å². The summed E-state index contributed by atoms with van der Waals surface area (Å²) in [5.74, 6) is 0.716. The molecule has 0 aliphatic heterocycles. The molecule has 0 unspecified atom stereocenters. The monoisotopic (exact) mass is 405 g/mol. The lowest BCUT2D eigenvalue weighted by Gasteiger charge is -2.13. The number of benzene rings is 2. The van der Waals surface area contributed by atoms with E-state index in [1.807, 2.05) is 19.1 Å². The lowest BCUT2D eigenvalue weighted by Crippen LogP contribution is -2.21. The quantitative estimate of drug-likeness (QED) is 0.489. The molecule has 2 N–H and O–H groups in total. The molecular weight excluding hydrogens is 386 g/mol. The molecule has 2 aromatic carbocycles. The molecule has 4 aromatic rings. The van der Waals surface area contributed by atoms with Crippen LogP contribution in [-0.2, 0) is 4.79 Å². The number of nitrogens with one attached hydrogen (secondary N) is 2. The van der Waals surface area contributed by atoms with Gasteiger partial charge in [-0.25, -0.2) is 9.67 Å². The zero-order valence-corrected chi connectivity index (χ0v) is 16.2. The number of aromatic nitrogens is 4. The third kappa shape index (κ3) is 3.86. The number of H-pyrrole nitrogens is 1. The molecule has 9 nitrogen and oxygen atoms in total. The Morgan fingerprint density at radius 3 is 2.63 bits per heavy atom. The van der Waals surface area contributed by atoms with E-state index in [1.54, 1.807) is 36.4 Å². The number of hydrogen-bond acceptors (Lipinski definition) is 6. The van der Waals surface area contributed by atoms with E-state index in [2.05, 4.69) is 20.4 Å². The van der Waals surface area contributed by atoms with E-state index >= 15 is 0 Å². The van der Waals surface area contributed by atoms with Gasteiger partial charge in [0.2, 0.25) is 0 Å². The minimum Gasteiger partial charge on any atom is -0.490 e. The minimum absolute atomic E-state index is 0.198. The summed E-state index contributed by atoms with van der Waals surface area (Å²) < 4.78 is 12.6. The van der Waals surface area contributed by atoms with E-state index in [-0.39, 0.29) is 18.1 Å². The van der Waals surface area contributed by atoms with Gasteiger partial charge in [0.1, 0.15) is 5.39 Å². The van der Waals surface area contributed by atoms with Crippen LogP contribution < -0.4 is 20.3 Å². The molecule has 0 aliphatic rings. The Labute approximate surface area is 171 Å². The highest BCUT2D eigenvalue weighted by Gasteiger charge is 2.14. The molecule has 0 atom stereocenters. The van der Waals surface area contributed by atoms with Crippen LogP contribution in [0.5, 0.6) is 11.5 Å². The van der Waals surface area contributed by atoms with Gasteiger partial charge in [-0.2, -0.15) is 5.10 Å². The average Bonchev–Trinajstić information content (AvgIpc) is 3.19. The van der Waals surface area contributed by atoms with Crippen molar-refractivity contribution in [2.45, 2.75) is 6.92 Å². The summed E-state index contributed by atoms with van der Waals surface area (Å²) in [7, 11) is 0. The van der Waals surface area contributed by atoms with E-state index in [0.29, 0.717) is 40.5 Å². The number of amides is 1. The summed E-state index contributed by atoms with van der Waals surface area (Å²) in [4.78, 5) is 31.2. The van der Waals surface area contributed by atoms with Gasteiger partial charge >= 0.3 is 0 Å². The molecule has 0 spiro atoms. The van der Waals surface area contributed by atoms with Crippen LogP contribution in [0.1, 0.15) is 6.92 Å². The predicted octanol–water partition coefficient (Wildman–Crippen LogP) is 2.52. The summed E-state index contributed by atoms with van der Waals surface area (Å²) in [6, 6.07) is 14.3. The van der Waals surface area contributed by atoms with Crippen molar-refractivity contribution in [3.63, 3.8) is 0 Å². The Kier molecular flexibility index (Phi) is 5.42. The number of para-hydroxylation sites is 4. The number of ether oxygens (including phenoxy) is 2. The van der Waals surface area contributed by atoms with Gasteiger partial charge in [-0.3, -0.25) is 9.59 Å². The molecule has 0 saturated heterocycles. The van der Waals surface area contributed by atoms with Crippen molar-refractivity contribution in [3.05, 3.63) is 71.4 Å². The number of nitrogens with zero attached hydrogens (tertiary/aromatic N) is 3. The molecule has 30 heavy (non-hydrogen) atoms. The van der Waals surface area contributed by atoms with Crippen LogP contribution in [0.15, 0.2) is 65.8 Å². The number of carbonyl (C=O) groups is 1. The second-order valence-electron chi connectivity index (χ2n) is 6.26. The van der Waals surface area contributed by atoms with Crippen molar-refractivity contribution in [3.8, 4) is 17.2 Å². The van der Waals surface area contributed by atoms with Crippen molar-refractivity contribution < 1.29 is 14.3 Å². The fraction of sp³-hybridized carbons (Fsp3) is 0.143. The molecule has 2 aromatic heterocycles. The third-order valence-electron chi connectivity index (χ3n) is 4.29. The normalized spacial score (nSPS) is 10.7. The van der Waals surface area contributed by atoms with Gasteiger partial charge in [-0.15, -0.1) is 0 Å². The molecule has 0 aliphatic carbocycles. The standard InChI is InChI=1S/C21H19N5O4/c1-2-29-17-9-5-6-10-18(17)30-12-19(27)25-15-7-3-4-8-16(15)26-20-14(11-24-26)21(28)23-13-22-20/h3-11,13H,2,12H2,1H3,(H,25,27)(H,22,23,28). The first kappa shape index (κ1) is 19.2. The minimum atomic E-state index is -0.351. The summed E-state index contributed by atoms with van der Waals surface area (Å²) in [5, 5.41) is 7.43. The summed E-state index contributed by atoms with van der Waals surface area (Å²) in [6.45, 7) is 2.17. The van der Waals surface area contributed by atoms with Crippen LogP contribution in [0.3, 0.4) is 0 Å². The largest absolute Gasteiger partial charge is 0.490 e. The Bertz CT molecular complexity index is 1250. The van der Waals surface area contributed by atoms with Crippen LogP contribution in [0, 0.1) is 0 Å². The first-order valence-electron chi connectivity index (χ1n) is 9.32. The van der Waals surface area contributed by atoms with Crippen LogP contribution in [0.2, 0.25) is 0 Å². The van der Waals surface area contributed by atoms with Gasteiger partial charge in [0.05, 0.1) is 30.5 Å². The maximum Gasteiger partial charge on any atom is 0.262 e. The molecular formula is C21H19N5O4. The second-order valence-corrected chi connectivity index (χ2v) is 6.26. The van der Waals surface area contributed by atoms with Crippen LogP contribution in [0.25, 0.3) is 16.7 Å². The Balaban J connectivity index is 1.54. The number of rotatable bonds is 7. The topological polar surface area (TPSA) is 111 Å². The van der Waals surface area contributed by atoms with E-state index in [9.17, 15) is 9.59 Å². The maximum atomic E-state index is 12.5. The Hall–Kier alpha value is -4.14. The van der Waals surface area contributed by atoms with Gasteiger partial charge in [0.15, 0.2) is 23.8 Å². The first-order valence-corrected chi connectivity index (χ1v) is 9.32. The van der Waals surface area contributed by atoms with E-state index in [4.69, 9.17) is 9.47 Å². The second kappa shape index (κ2) is 8.48. The van der Waals surface area contributed by atoms with E-state index in [1.165, 1.54) is 17.2 Å². The SMILES string of the molecule is CCOc1ccccc1OCC(=O)Nc1ccccc1-n1ncc2c(=O)[nH]cnc21. The lowest BCUT2D eigenvalue weighted by atomic mass is 10.2. The van der Waals surface area contributed by atoms with Gasteiger partial charge in [-0.1, -0.05) is 24.3 Å². The molecule has 0 saturated carbocycles. The van der Waals surface area contributed by atoms with Crippen LogP contribution >= 0.6 is 0 Å². The summed E-state index contributed by atoms with van der Waals surface area (Å²) in [5.41, 5.74) is 1.20. The Morgan fingerprint density at radius 2 is 1.83 bits per heavy atom. The van der Waals surface area contributed by atoms with E-state index < -0.39 is 0 Å². The zero-order chi connectivity index (χ0) is 20.9. The summed E-state index contributed by atoms with van der Waals surface area (Å²) >= 11 is 0. The number of hydrogen-bond donors (Lipinski definition) is 2. The third-order valence-corrected chi connectivity index (χ3v) is 4.29. The molecule has 0 radical (unpaired) electrons. The number of anilines is 1. The summed E-state index contributed by atoms with van der Waals surface area (Å²) in [6.07, 6.45) is 2.75. The van der Waals surface area contributed by atoms with Crippen LogP contribution in [0.4, 0.5) is 5.69 Å². The Morgan fingerprint density at radius 1 is 1.10 bits per heavy atom. The predicted molar refractivity (Wildman–Crippen MR) is 111 cm³/mol. The number of aromatic amines is 1. The maximum absolute atomic E-state index is 12.5. The van der Waals surface area contributed by atoms with Gasteiger partial charge in [0.25, 0.3) is 11.5 Å². The molecule has 0 fully saturated rings. The highest BCUT2D eigenvalue weighted by atomic mass is 16.5. The van der Waals surface area contributed by atoms with Crippen LogP contribution in [-0.4, -0.2) is 38.9 Å².